The molecule has 0 aliphatic rings. The fraction of sp³-hybridized carbons (Fsp3) is 0.125. The topological polar surface area (TPSA) is 105 Å². The number of benzene rings is 1. The van der Waals surface area contributed by atoms with E-state index in [1.54, 1.807) is 0 Å². The molecule has 3 rings (SSSR count). The molecule has 0 unspecified atom stereocenters. The first kappa shape index (κ1) is 15.6. The molecule has 0 fully saturated rings. The smallest absolute Gasteiger partial charge is 0.303 e. The number of carboxylic acids is 1. The SMILES string of the molecule is O=C(O)CCC(O)=c1c(=O)cc(-c2ccc(F)cc2)n2ncnc12. The van der Waals surface area contributed by atoms with E-state index in [9.17, 15) is 19.1 Å². The summed E-state index contributed by atoms with van der Waals surface area (Å²) in [7, 11) is 0. The Morgan fingerprint density at radius 1 is 1.17 bits per heavy atom. The van der Waals surface area contributed by atoms with Crippen LogP contribution in [0.4, 0.5) is 4.39 Å². The number of aliphatic hydroxyl groups excluding tert-OH is 1. The van der Waals surface area contributed by atoms with Gasteiger partial charge in [-0.1, -0.05) is 0 Å². The van der Waals surface area contributed by atoms with E-state index in [0.717, 1.165) is 0 Å². The van der Waals surface area contributed by atoms with Gasteiger partial charge in [-0.2, -0.15) is 5.10 Å². The second-order valence-corrected chi connectivity index (χ2v) is 5.11. The van der Waals surface area contributed by atoms with Gasteiger partial charge in [-0.15, -0.1) is 0 Å². The number of hydrogen-bond donors (Lipinski definition) is 2. The summed E-state index contributed by atoms with van der Waals surface area (Å²) in [6.45, 7) is 0. The lowest BCUT2D eigenvalue weighted by Gasteiger charge is -2.05. The lowest BCUT2D eigenvalue weighted by molar-refractivity contribution is -0.136. The van der Waals surface area contributed by atoms with Gasteiger partial charge in [0.2, 0.25) is 0 Å². The fourth-order valence-corrected chi connectivity index (χ4v) is 2.40. The highest BCUT2D eigenvalue weighted by Crippen LogP contribution is 2.17. The lowest BCUT2D eigenvalue weighted by atomic mass is 10.1. The van der Waals surface area contributed by atoms with Gasteiger partial charge in [0.1, 0.15) is 23.1 Å². The first-order chi connectivity index (χ1) is 11.5. The largest absolute Gasteiger partial charge is 0.511 e. The van der Waals surface area contributed by atoms with Crippen molar-refractivity contribution in [1.82, 2.24) is 14.6 Å². The molecule has 0 aliphatic carbocycles. The van der Waals surface area contributed by atoms with Gasteiger partial charge in [0, 0.05) is 18.1 Å². The Hall–Kier alpha value is -3.29. The molecular formula is C16H12FN3O4. The van der Waals surface area contributed by atoms with E-state index < -0.39 is 17.2 Å². The van der Waals surface area contributed by atoms with Crippen molar-refractivity contribution < 1.29 is 19.4 Å². The summed E-state index contributed by atoms with van der Waals surface area (Å²) < 4.78 is 14.4. The molecule has 2 heterocycles. The highest BCUT2D eigenvalue weighted by atomic mass is 19.1. The van der Waals surface area contributed by atoms with Crippen LogP contribution in [-0.4, -0.2) is 30.8 Å². The van der Waals surface area contributed by atoms with Gasteiger partial charge < -0.3 is 10.2 Å². The summed E-state index contributed by atoms with van der Waals surface area (Å²) in [4.78, 5) is 27.0. The van der Waals surface area contributed by atoms with Gasteiger partial charge in [0.15, 0.2) is 11.1 Å². The first-order valence-electron chi connectivity index (χ1n) is 7.04. The third kappa shape index (κ3) is 2.81. The maximum atomic E-state index is 13.1. The summed E-state index contributed by atoms with van der Waals surface area (Å²) in [5, 5.41) is 22.7. The average molecular weight is 329 g/mol. The van der Waals surface area contributed by atoms with Gasteiger partial charge in [0.25, 0.3) is 0 Å². The Labute approximate surface area is 134 Å². The summed E-state index contributed by atoms with van der Waals surface area (Å²) in [5.41, 5.74) is 0.547. The van der Waals surface area contributed by atoms with E-state index in [0.29, 0.717) is 11.3 Å². The zero-order valence-corrected chi connectivity index (χ0v) is 12.3. The number of nitrogens with zero attached hydrogens (tertiary/aromatic N) is 3. The maximum Gasteiger partial charge on any atom is 0.303 e. The van der Waals surface area contributed by atoms with Crippen LogP contribution in [0.5, 0.6) is 0 Å². The molecule has 0 saturated carbocycles. The zero-order valence-electron chi connectivity index (χ0n) is 12.3. The minimum absolute atomic E-state index is 0.0837. The summed E-state index contributed by atoms with van der Waals surface area (Å²) in [6, 6.07) is 6.76. The molecule has 2 N–H and O–H groups in total. The molecule has 122 valence electrons. The quantitative estimate of drug-likeness (QED) is 0.744. The van der Waals surface area contributed by atoms with Crippen molar-refractivity contribution in [2.45, 2.75) is 12.8 Å². The molecule has 0 aliphatic heterocycles. The van der Waals surface area contributed by atoms with Gasteiger partial charge in [-0.3, -0.25) is 9.59 Å². The summed E-state index contributed by atoms with van der Waals surface area (Å²) >= 11 is 0. The Morgan fingerprint density at radius 2 is 1.88 bits per heavy atom. The van der Waals surface area contributed by atoms with Crippen LogP contribution < -0.4 is 10.6 Å². The van der Waals surface area contributed by atoms with E-state index in [1.807, 2.05) is 0 Å². The number of carboxylic acid groups (broad SMARTS) is 1. The van der Waals surface area contributed by atoms with E-state index >= 15 is 0 Å². The number of pyridine rings is 1. The third-order valence-corrected chi connectivity index (χ3v) is 3.52. The number of halogens is 1. The number of hydrogen-bond acceptors (Lipinski definition) is 5. The van der Waals surface area contributed by atoms with Crippen molar-refractivity contribution in [1.29, 1.82) is 0 Å². The van der Waals surface area contributed by atoms with E-state index in [-0.39, 0.29) is 29.5 Å². The second kappa shape index (κ2) is 6.07. The highest BCUT2D eigenvalue weighted by Gasteiger charge is 2.13. The maximum absolute atomic E-state index is 13.1. The van der Waals surface area contributed by atoms with E-state index in [1.165, 1.54) is 41.2 Å². The molecule has 3 aromatic rings. The van der Waals surface area contributed by atoms with Crippen molar-refractivity contribution in [3.05, 3.63) is 57.9 Å². The Bertz CT molecular complexity index is 1030. The molecule has 0 saturated heterocycles. The predicted molar refractivity (Wildman–Crippen MR) is 82.8 cm³/mol. The van der Waals surface area contributed by atoms with Crippen molar-refractivity contribution in [3.8, 4) is 11.3 Å². The molecular weight excluding hydrogens is 317 g/mol. The number of rotatable bonds is 4. The second-order valence-electron chi connectivity index (χ2n) is 5.11. The van der Waals surface area contributed by atoms with Crippen LogP contribution in [0.1, 0.15) is 12.8 Å². The highest BCUT2D eigenvalue weighted by molar-refractivity contribution is 5.69. The number of fused-ring (bicyclic) bond motifs is 1. The summed E-state index contributed by atoms with van der Waals surface area (Å²) in [6.07, 6.45) is 0.712. The molecule has 8 heteroatoms. The van der Waals surface area contributed by atoms with Crippen molar-refractivity contribution in [3.63, 3.8) is 0 Å². The van der Waals surface area contributed by atoms with Crippen LogP contribution in [0.15, 0.2) is 41.5 Å². The van der Waals surface area contributed by atoms with Crippen LogP contribution in [0, 0.1) is 5.82 Å². The number of carbonyl (C=O) groups is 1. The van der Waals surface area contributed by atoms with Crippen LogP contribution in [0.25, 0.3) is 22.7 Å². The molecule has 7 nitrogen and oxygen atoms in total. The van der Waals surface area contributed by atoms with Crippen LogP contribution in [-0.2, 0) is 4.79 Å². The Balaban J connectivity index is 2.24. The Morgan fingerprint density at radius 3 is 2.54 bits per heavy atom. The normalized spacial score (nSPS) is 12.4. The van der Waals surface area contributed by atoms with E-state index in [4.69, 9.17) is 5.11 Å². The first-order valence-corrected chi connectivity index (χ1v) is 7.04. The fourth-order valence-electron chi connectivity index (χ4n) is 2.40. The molecule has 2 aromatic heterocycles. The van der Waals surface area contributed by atoms with Crippen molar-refractivity contribution in [2.24, 2.45) is 0 Å². The van der Waals surface area contributed by atoms with Gasteiger partial charge in [0.05, 0.1) is 12.1 Å². The van der Waals surface area contributed by atoms with Crippen LogP contribution >= 0.6 is 0 Å². The zero-order chi connectivity index (χ0) is 17.3. The molecule has 1 aromatic carbocycles. The Kier molecular flexibility index (Phi) is 3.95. The molecule has 0 radical (unpaired) electrons. The predicted octanol–water partition coefficient (Wildman–Crippen LogP) is 1.15. The van der Waals surface area contributed by atoms with Crippen LogP contribution in [0.2, 0.25) is 0 Å². The minimum atomic E-state index is -1.09. The summed E-state index contributed by atoms with van der Waals surface area (Å²) in [5.74, 6) is -1.85. The number of aliphatic hydroxyl groups is 1. The standard InChI is InChI=1S/C16H12FN3O4/c17-10-3-1-9(2-4-10)11-7-13(22)15(12(21)5-6-14(23)24)16-18-8-19-20(11)16/h1-4,7-8,21H,5-6H2,(H,23,24). The van der Waals surface area contributed by atoms with Gasteiger partial charge in [-0.05, 0) is 24.3 Å². The van der Waals surface area contributed by atoms with Gasteiger partial charge in [-0.25, -0.2) is 13.9 Å². The molecule has 0 atom stereocenters. The number of aliphatic carboxylic acids is 1. The van der Waals surface area contributed by atoms with Gasteiger partial charge >= 0.3 is 5.97 Å². The van der Waals surface area contributed by atoms with E-state index in [2.05, 4.69) is 10.1 Å². The monoisotopic (exact) mass is 329 g/mol. The minimum Gasteiger partial charge on any atom is -0.511 e. The molecule has 0 spiro atoms. The molecule has 24 heavy (non-hydrogen) atoms. The third-order valence-electron chi connectivity index (χ3n) is 3.52. The average Bonchev–Trinajstić information content (AvgIpc) is 3.02. The van der Waals surface area contributed by atoms with Crippen molar-refractivity contribution in [2.75, 3.05) is 0 Å². The lowest BCUT2D eigenvalue weighted by Crippen LogP contribution is -2.30. The number of aromatic nitrogens is 3. The van der Waals surface area contributed by atoms with Crippen LogP contribution in [0.3, 0.4) is 0 Å². The molecule has 0 bridgehead atoms. The van der Waals surface area contributed by atoms with Crippen molar-refractivity contribution >= 4 is 17.4 Å². The molecule has 0 amide bonds.